The Hall–Kier alpha value is -1.85. The molecular weight excluding hydrogens is 273 g/mol. The number of ether oxygens (including phenoxy) is 1. The quantitative estimate of drug-likeness (QED) is 0.803. The largest absolute Gasteiger partial charge is 0.468 e. The lowest BCUT2D eigenvalue weighted by Crippen LogP contribution is -2.09. The van der Waals surface area contributed by atoms with Gasteiger partial charge in [-0.1, -0.05) is 0 Å². The Labute approximate surface area is 114 Å². The fourth-order valence-electron chi connectivity index (χ4n) is 2.08. The van der Waals surface area contributed by atoms with Gasteiger partial charge in [0.15, 0.2) is 0 Å². The van der Waals surface area contributed by atoms with E-state index in [2.05, 4.69) is 4.74 Å². The molecule has 2 rings (SSSR count). The molecule has 0 spiro atoms. The van der Waals surface area contributed by atoms with Crippen molar-refractivity contribution < 1.29 is 27.5 Å². The first-order valence-corrected chi connectivity index (χ1v) is 6.23. The minimum atomic E-state index is -0.965. The molecule has 0 bridgehead atoms. The van der Waals surface area contributed by atoms with E-state index in [4.69, 9.17) is 0 Å². The van der Waals surface area contributed by atoms with Gasteiger partial charge in [0, 0.05) is 30.0 Å². The molecular formula is C14H15F3O3. The van der Waals surface area contributed by atoms with Crippen molar-refractivity contribution >= 4 is 12.3 Å². The van der Waals surface area contributed by atoms with Crippen LogP contribution in [0.25, 0.3) is 0 Å². The summed E-state index contributed by atoms with van der Waals surface area (Å²) in [6.07, 6.45) is 1.43. The maximum Gasteiger partial charge on any atom is 0.293 e. The van der Waals surface area contributed by atoms with Gasteiger partial charge in [-0.2, -0.15) is 0 Å². The minimum Gasteiger partial charge on any atom is -0.468 e. The van der Waals surface area contributed by atoms with Gasteiger partial charge < -0.3 is 4.74 Å². The summed E-state index contributed by atoms with van der Waals surface area (Å²) in [5.74, 6) is -3.79. The average Bonchev–Trinajstić information content (AvgIpc) is 2.76. The molecule has 1 aliphatic carbocycles. The standard InChI is InChI=1S/C11H9F3O.C3H6O2/c12-6-4-8(13)11(9(14)5-6)7-2-1-3-10(7)15;1-2-5-3-4/h4-5,7H,1-3H2;3H,2H2,1H3. The second-order valence-electron chi connectivity index (χ2n) is 4.25. The highest BCUT2D eigenvalue weighted by Crippen LogP contribution is 2.34. The molecule has 0 radical (unpaired) electrons. The van der Waals surface area contributed by atoms with Crippen molar-refractivity contribution in [2.24, 2.45) is 0 Å². The molecule has 0 aromatic heterocycles. The zero-order chi connectivity index (χ0) is 15.1. The van der Waals surface area contributed by atoms with Crippen LogP contribution in [-0.4, -0.2) is 18.9 Å². The van der Waals surface area contributed by atoms with Gasteiger partial charge in [0.2, 0.25) is 0 Å². The van der Waals surface area contributed by atoms with E-state index in [0.29, 0.717) is 44.5 Å². The van der Waals surface area contributed by atoms with Crippen LogP contribution in [0.1, 0.15) is 37.7 Å². The Kier molecular flexibility index (Phi) is 6.21. The third-order valence-electron chi connectivity index (χ3n) is 2.93. The van der Waals surface area contributed by atoms with Gasteiger partial charge in [0.05, 0.1) is 6.61 Å². The van der Waals surface area contributed by atoms with E-state index in [1.165, 1.54) is 0 Å². The first kappa shape index (κ1) is 16.2. The molecule has 1 atom stereocenters. The maximum atomic E-state index is 13.3. The van der Waals surface area contributed by atoms with E-state index in [1.807, 2.05) is 0 Å². The maximum absolute atomic E-state index is 13.3. The van der Waals surface area contributed by atoms with E-state index < -0.39 is 23.4 Å². The van der Waals surface area contributed by atoms with Crippen molar-refractivity contribution in [3.05, 3.63) is 35.1 Å². The number of carbonyl (C=O) groups excluding carboxylic acids is 2. The molecule has 20 heavy (non-hydrogen) atoms. The van der Waals surface area contributed by atoms with Crippen LogP contribution >= 0.6 is 0 Å². The molecule has 1 aromatic rings. The highest BCUT2D eigenvalue weighted by Gasteiger charge is 2.31. The first-order chi connectivity index (χ1) is 9.51. The molecule has 0 saturated heterocycles. The fourth-order valence-corrected chi connectivity index (χ4v) is 2.08. The minimum absolute atomic E-state index is 0.167. The fraction of sp³-hybridized carbons (Fsp3) is 0.429. The number of rotatable bonds is 3. The van der Waals surface area contributed by atoms with Gasteiger partial charge in [-0.15, -0.1) is 0 Å². The zero-order valence-corrected chi connectivity index (χ0v) is 11.0. The molecule has 0 amide bonds. The number of ketones is 1. The lowest BCUT2D eigenvalue weighted by atomic mass is 9.95. The third-order valence-corrected chi connectivity index (χ3v) is 2.93. The first-order valence-electron chi connectivity index (χ1n) is 6.23. The van der Waals surface area contributed by atoms with E-state index in [9.17, 15) is 22.8 Å². The molecule has 6 heteroatoms. The van der Waals surface area contributed by atoms with Gasteiger partial charge in [0.25, 0.3) is 6.47 Å². The van der Waals surface area contributed by atoms with Crippen LogP contribution < -0.4 is 0 Å². The molecule has 0 heterocycles. The smallest absolute Gasteiger partial charge is 0.293 e. The van der Waals surface area contributed by atoms with E-state index in [0.717, 1.165) is 0 Å². The summed E-state index contributed by atoms with van der Waals surface area (Å²) in [5.41, 5.74) is -0.279. The Balaban J connectivity index is 0.000000347. The summed E-state index contributed by atoms with van der Waals surface area (Å²) in [4.78, 5) is 20.5. The third kappa shape index (κ3) is 4.08. The summed E-state index contributed by atoms with van der Waals surface area (Å²) >= 11 is 0. The summed E-state index contributed by atoms with van der Waals surface area (Å²) < 4.78 is 43.4. The van der Waals surface area contributed by atoms with Crippen LogP contribution in [0.3, 0.4) is 0 Å². The monoisotopic (exact) mass is 288 g/mol. The molecule has 110 valence electrons. The lowest BCUT2D eigenvalue weighted by molar-refractivity contribution is -0.128. The molecule has 1 aromatic carbocycles. The molecule has 1 unspecified atom stereocenters. The Morgan fingerprint density at radius 1 is 1.30 bits per heavy atom. The SMILES string of the molecule is CCOC=O.O=C1CCCC1c1c(F)cc(F)cc1F. The van der Waals surface area contributed by atoms with Gasteiger partial charge in [-0.3, -0.25) is 9.59 Å². The summed E-state index contributed by atoms with van der Waals surface area (Å²) in [5, 5.41) is 0. The number of carbonyl (C=O) groups is 2. The Bertz CT molecular complexity index is 466. The molecule has 0 aliphatic heterocycles. The van der Waals surface area contributed by atoms with Crippen molar-refractivity contribution in [2.45, 2.75) is 32.1 Å². The molecule has 1 aliphatic rings. The van der Waals surface area contributed by atoms with Crippen molar-refractivity contribution in [3.63, 3.8) is 0 Å². The van der Waals surface area contributed by atoms with Gasteiger partial charge in [-0.05, 0) is 19.8 Å². The van der Waals surface area contributed by atoms with Crippen LogP contribution in [0.2, 0.25) is 0 Å². The van der Waals surface area contributed by atoms with Crippen LogP contribution in [-0.2, 0) is 14.3 Å². The van der Waals surface area contributed by atoms with Gasteiger partial charge in [-0.25, -0.2) is 13.2 Å². The highest BCUT2D eigenvalue weighted by molar-refractivity contribution is 5.87. The molecule has 0 N–H and O–H groups in total. The van der Waals surface area contributed by atoms with Crippen LogP contribution in [0.5, 0.6) is 0 Å². The predicted molar refractivity (Wildman–Crippen MR) is 65.6 cm³/mol. The number of hydrogen-bond donors (Lipinski definition) is 0. The average molecular weight is 288 g/mol. The second-order valence-corrected chi connectivity index (χ2v) is 4.25. The summed E-state index contributed by atoms with van der Waals surface area (Å²) in [6.45, 7) is 2.66. The van der Waals surface area contributed by atoms with E-state index in [1.54, 1.807) is 6.92 Å². The number of Topliss-reactive ketones (excluding diaryl/α,β-unsaturated/α-hetero) is 1. The summed E-state index contributed by atoms with van der Waals surface area (Å²) in [6, 6.07) is 1.23. The second kappa shape index (κ2) is 7.67. The number of halogens is 3. The van der Waals surface area contributed by atoms with Crippen molar-refractivity contribution in [1.82, 2.24) is 0 Å². The normalized spacial score (nSPS) is 17.4. The van der Waals surface area contributed by atoms with Crippen LogP contribution in [0.4, 0.5) is 13.2 Å². The summed E-state index contributed by atoms with van der Waals surface area (Å²) in [7, 11) is 0. The lowest BCUT2D eigenvalue weighted by Gasteiger charge is -2.10. The Morgan fingerprint density at radius 2 is 1.90 bits per heavy atom. The van der Waals surface area contributed by atoms with E-state index >= 15 is 0 Å². The van der Waals surface area contributed by atoms with Crippen molar-refractivity contribution in [2.75, 3.05) is 6.61 Å². The molecule has 1 fully saturated rings. The number of hydrogen-bond acceptors (Lipinski definition) is 3. The number of benzene rings is 1. The molecule has 1 saturated carbocycles. The molecule has 3 nitrogen and oxygen atoms in total. The van der Waals surface area contributed by atoms with E-state index in [-0.39, 0.29) is 11.3 Å². The Morgan fingerprint density at radius 3 is 2.25 bits per heavy atom. The highest BCUT2D eigenvalue weighted by atomic mass is 19.1. The zero-order valence-electron chi connectivity index (χ0n) is 11.0. The van der Waals surface area contributed by atoms with Crippen LogP contribution in [0, 0.1) is 17.5 Å². The van der Waals surface area contributed by atoms with Gasteiger partial charge >= 0.3 is 0 Å². The predicted octanol–water partition coefficient (Wildman–Crippen LogP) is 3.12. The topological polar surface area (TPSA) is 43.4 Å². The van der Waals surface area contributed by atoms with Crippen molar-refractivity contribution in [3.8, 4) is 0 Å². The van der Waals surface area contributed by atoms with Crippen molar-refractivity contribution in [1.29, 1.82) is 0 Å². The van der Waals surface area contributed by atoms with Gasteiger partial charge in [0.1, 0.15) is 23.2 Å². The van der Waals surface area contributed by atoms with Crippen LogP contribution in [0.15, 0.2) is 12.1 Å².